The van der Waals surface area contributed by atoms with Crippen LogP contribution in [0.25, 0.3) is 0 Å². The second kappa shape index (κ2) is 10.2. The summed E-state index contributed by atoms with van der Waals surface area (Å²) in [7, 11) is 1.90. The number of carbonyl (C=O) groups excluding carboxylic acids is 1. The lowest BCUT2D eigenvalue weighted by molar-refractivity contribution is -0.0979. The van der Waals surface area contributed by atoms with Crippen molar-refractivity contribution in [2.24, 2.45) is 0 Å². The second-order valence-corrected chi connectivity index (χ2v) is 1.60. The van der Waals surface area contributed by atoms with Gasteiger partial charge in [0.15, 0.2) is 0 Å². The molecule has 0 rings (SSSR count). The minimum Gasteiger partial charge on any atom is -0.392 e. The monoisotopic (exact) mass is 129 g/mol. The van der Waals surface area contributed by atoms with E-state index in [-0.39, 0.29) is 0 Å². The molecule has 9 heavy (non-hydrogen) atoms. The zero-order valence-corrected chi connectivity index (χ0v) is 6.24. The first kappa shape index (κ1) is 11.1. The fourth-order valence-electron chi connectivity index (χ4n) is 0.427. The van der Waals surface area contributed by atoms with Crippen molar-refractivity contribution in [2.75, 3.05) is 7.05 Å². The molecule has 0 aliphatic rings. The predicted molar refractivity (Wildman–Crippen MR) is 40.2 cm³/mol. The summed E-state index contributed by atoms with van der Waals surface area (Å²) in [4.78, 5) is 8.00. The molecule has 0 saturated heterocycles. The average molecular weight is 129 g/mol. The molecule has 54 valence electrons. The zero-order valence-electron chi connectivity index (χ0n) is 6.24. The Bertz CT molecular complexity index is 71.3. The molecule has 0 aromatic rings. The Morgan fingerprint density at radius 1 is 1.56 bits per heavy atom. The van der Waals surface area contributed by atoms with Crippen LogP contribution in [-0.2, 0) is 4.79 Å². The Kier molecular flexibility index (Phi) is 12.6. The van der Waals surface area contributed by atoms with Gasteiger partial charge in [-0.25, -0.2) is 0 Å². The van der Waals surface area contributed by atoms with E-state index < -0.39 is 0 Å². The number of rotatable bonds is 3. The van der Waals surface area contributed by atoms with E-state index in [1.807, 2.05) is 13.8 Å². The van der Waals surface area contributed by atoms with E-state index in [9.17, 15) is 0 Å². The highest BCUT2D eigenvalue weighted by atomic mass is 16.1. The fraction of sp³-hybridized carbons (Fsp3) is 0.571. The van der Waals surface area contributed by atoms with Gasteiger partial charge in [-0.1, -0.05) is 19.9 Å². The Morgan fingerprint density at radius 3 is 2.11 bits per heavy atom. The number of allylic oxidation sites excluding steroid dienone is 1. The molecule has 0 amide bonds. The highest BCUT2D eigenvalue weighted by Gasteiger charge is 1.81. The van der Waals surface area contributed by atoms with Crippen molar-refractivity contribution in [1.82, 2.24) is 5.32 Å². The first-order chi connectivity index (χ1) is 4.31. The van der Waals surface area contributed by atoms with Crippen molar-refractivity contribution >= 4 is 6.79 Å². The van der Waals surface area contributed by atoms with Crippen LogP contribution in [0.2, 0.25) is 0 Å². The number of carbonyl (C=O) groups is 1. The lowest BCUT2D eigenvalue weighted by Crippen LogP contribution is -2.02. The van der Waals surface area contributed by atoms with E-state index in [1.54, 1.807) is 0 Å². The predicted octanol–water partition coefficient (Wildman–Crippen LogP) is 1.33. The van der Waals surface area contributed by atoms with E-state index in [1.165, 1.54) is 6.42 Å². The van der Waals surface area contributed by atoms with Crippen molar-refractivity contribution in [1.29, 1.82) is 0 Å². The van der Waals surface area contributed by atoms with Crippen LogP contribution in [0, 0.1) is 0 Å². The van der Waals surface area contributed by atoms with Crippen LogP contribution in [0.4, 0.5) is 0 Å². The summed E-state index contributed by atoms with van der Waals surface area (Å²) in [6.07, 6.45) is 2.27. The van der Waals surface area contributed by atoms with Gasteiger partial charge in [0.25, 0.3) is 0 Å². The molecule has 0 radical (unpaired) electrons. The van der Waals surface area contributed by atoms with Gasteiger partial charge in [-0.2, -0.15) is 0 Å². The summed E-state index contributed by atoms with van der Waals surface area (Å²) in [5, 5.41) is 2.97. The third-order valence-electron chi connectivity index (χ3n) is 0.905. The maximum absolute atomic E-state index is 8.00. The molecule has 0 aromatic heterocycles. The summed E-state index contributed by atoms with van der Waals surface area (Å²) in [5.41, 5.74) is 1.13. The summed E-state index contributed by atoms with van der Waals surface area (Å²) in [5.74, 6) is 0. The second-order valence-electron chi connectivity index (χ2n) is 1.60. The van der Waals surface area contributed by atoms with Crippen LogP contribution in [0.5, 0.6) is 0 Å². The lowest BCUT2D eigenvalue weighted by Gasteiger charge is -1.98. The number of hydrogen-bond acceptors (Lipinski definition) is 2. The lowest BCUT2D eigenvalue weighted by atomic mass is 10.3. The quantitative estimate of drug-likeness (QED) is 0.623. The molecule has 0 heterocycles. The first-order valence-electron chi connectivity index (χ1n) is 2.95. The van der Waals surface area contributed by atoms with Crippen LogP contribution >= 0.6 is 0 Å². The largest absolute Gasteiger partial charge is 0.392 e. The van der Waals surface area contributed by atoms with Crippen molar-refractivity contribution in [3.63, 3.8) is 0 Å². The first-order valence-corrected chi connectivity index (χ1v) is 2.95. The third-order valence-corrected chi connectivity index (χ3v) is 0.905. The Balaban J connectivity index is 0. The summed E-state index contributed by atoms with van der Waals surface area (Å²) >= 11 is 0. The normalized spacial score (nSPS) is 6.89. The summed E-state index contributed by atoms with van der Waals surface area (Å²) in [6, 6.07) is 0. The SMILES string of the molecule is C=C(CCC)NC.C=O. The topological polar surface area (TPSA) is 29.1 Å². The molecule has 0 unspecified atom stereocenters. The molecule has 0 aliphatic carbocycles. The number of nitrogens with one attached hydrogen (secondary N) is 1. The minimum atomic E-state index is 1.09. The van der Waals surface area contributed by atoms with Crippen molar-refractivity contribution in [3.05, 3.63) is 12.3 Å². The van der Waals surface area contributed by atoms with E-state index >= 15 is 0 Å². The van der Waals surface area contributed by atoms with Gasteiger partial charge in [0.1, 0.15) is 6.79 Å². The molecular formula is C7H15NO. The third kappa shape index (κ3) is 11.0. The highest BCUT2D eigenvalue weighted by molar-refractivity contribution is 5.10. The average Bonchev–Trinajstić information content (AvgIpc) is 1.93. The van der Waals surface area contributed by atoms with Gasteiger partial charge < -0.3 is 10.1 Å². The van der Waals surface area contributed by atoms with Crippen molar-refractivity contribution in [3.8, 4) is 0 Å². The van der Waals surface area contributed by atoms with E-state index in [4.69, 9.17) is 4.79 Å². The van der Waals surface area contributed by atoms with Crippen molar-refractivity contribution < 1.29 is 4.79 Å². The molecule has 0 aromatic carbocycles. The molecule has 0 bridgehead atoms. The van der Waals surface area contributed by atoms with Crippen LogP contribution in [0.1, 0.15) is 19.8 Å². The highest BCUT2D eigenvalue weighted by Crippen LogP contribution is 1.93. The van der Waals surface area contributed by atoms with E-state index in [0.717, 1.165) is 12.1 Å². The smallest absolute Gasteiger partial charge is 0.106 e. The van der Waals surface area contributed by atoms with E-state index in [0.29, 0.717) is 0 Å². The molecular weight excluding hydrogens is 114 g/mol. The van der Waals surface area contributed by atoms with Gasteiger partial charge in [-0.3, -0.25) is 0 Å². The standard InChI is InChI=1S/C6H13N.CH2O/c1-4-5-6(2)7-3;1-2/h7H,2,4-5H2,1,3H3;1H2. The van der Waals surface area contributed by atoms with Crippen LogP contribution in [-0.4, -0.2) is 13.8 Å². The summed E-state index contributed by atoms with van der Waals surface area (Å²) in [6.45, 7) is 7.89. The van der Waals surface area contributed by atoms with Gasteiger partial charge in [-0.15, -0.1) is 0 Å². The van der Waals surface area contributed by atoms with Gasteiger partial charge in [0.05, 0.1) is 0 Å². The molecule has 2 nitrogen and oxygen atoms in total. The van der Waals surface area contributed by atoms with Crippen LogP contribution < -0.4 is 5.32 Å². The van der Waals surface area contributed by atoms with Gasteiger partial charge in [0.2, 0.25) is 0 Å². The van der Waals surface area contributed by atoms with Crippen LogP contribution in [0.3, 0.4) is 0 Å². The van der Waals surface area contributed by atoms with Gasteiger partial charge in [-0.05, 0) is 6.42 Å². The maximum Gasteiger partial charge on any atom is 0.106 e. The fourth-order valence-corrected chi connectivity index (χ4v) is 0.427. The minimum absolute atomic E-state index is 1.09. The molecule has 0 spiro atoms. The van der Waals surface area contributed by atoms with E-state index in [2.05, 4.69) is 18.8 Å². The molecule has 1 N–H and O–H groups in total. The molecule has 0 fully saturated rings. The Labute approximate surface area is 57.0 Å². The van der Waals surface area contributed by atoms with Gasteiger partial charge in [0, 0.05) is 12.7 Å². The molecule has 0 atom stereocenters. The molecule has 2 heteroatoms. The maximum atomic E-state index is 8.00. The number of hydrogen-bond donors (Lipinski definition) is 1. The zero-order chi connectivity index (χ0) is 7.70. The van der Waals surface area contributed by atoms with Gasteiger partial charge >= 0.3 is 0 Å². The Morgan fingerprint density at radius 2 is 2.00 bits per heavy atom. The van der Waals surface area contributed by atoms with Crippen molar-refractivity contribution in [2.45, 2.75) is 19.8 Å². The molecule has 0 aliphatic heterocycles. The molecule has 0 saturated carbocycles. The van der Waals surface area contributed by atoms with Crippen LogP contribution in [0.15, 0.2) is 12.3 Å². The summed E-state index contributed by atoms with van der Waals surface area (Å²) < 4.78 is 0. The Hall–Kier alpha value is -0.790.